The fraction of sp³-hybridized carbons (Fsp3) is 0.111. The molecule has 1 amide bonds. The number of ether oxygens (including phenoxy) is 2. The van der Waals surface area contributed by atoms with Crippen molar-refractivity contribution in [2.45, 2.75) is 6.54 Å². The molecule has 0 saturated heterocycles. The van der Waals surface area contributed by atoms with Gasteiger partial charge in [-0.3, -0.25) is 9.48 Å². The van der Waals surface area contributed by atoms with Crippen LogP contribution in [0.4, 0.5) is 5.69 Å². The third kappa shape index (κ3) is 3.51. The molecule has 7 heteroatoms. The molecule has 4 rings (SSSR count). The molecule has 0 saturated carbocycles. The highest BCUT2D eigenvalue weighted by Gasteiger charge is 2.14. The lowest BCUT2D eigenvalue weighted by Gasteiger charge is -2.07. The highest BCUT2D eigenvalue weighted by Crippen LogP contribution is 2.34. The summed E-state index contributed by atoms with van der Waals surface area (Å²) in [6, 6.07) is 12.8. The van der Waals surface area contributed by atoms with Gasteiger partial charge >= 0.3 is 0 Å². The Morgan fingerprint density at radius 2 is 1.96 bits per heavy atom. The van der Waals surface area contributed by atoms with Crippen molar-refractivity contribution in [3.8, 4) is 11.5 Å². The number of halogens is 1. The zero-order valence-corrected chi connectivity index (χ0v) is 14.7. The van der Waals surface area contributed by atoms with Crippen molar-refractivity contribution in [3.63, 3.8) is 0 Å². The molecule has 0 spiro atoms. The zero-order valence-electron chi connectivity index (χ0n) is 13.1. The molecule has 0 bridgehead atoms. The van der Waals surface area contributed by atoms with Crippen LogP contribution < -0.4 is 14.8 Å². The fourth-order valence-electron chi connectivity index (χ4n) is 2.55. The van der Waals surface area contributed by atoms with E-state index in [1.165, 1.54) is 0 Å². The lowest BCUT2D eigenvalue weighted by Crippen LogP contribution is -2.12. The summed E-state index contributed by atoms with van der Waals surface area (Å²) in [4.78, 5) is 12.4. The summed E-state index contributed by atoms with van der Waals surface area (Å²) in [7, 11) is 0. The minimum Gasteiger partial charge on any atom is -0.454 e. The van der Waals surface area contributed by atoms with Crippen LogP contribution in [0.1, 0.15) is 15.9 Å². The summed E-state index contributed by atoms with van der Waals surface area (Å²) in [5, 5.41) is 7.08. The Labute approximate surface area is 152 Å². The summed E-state index contributed by atoms with van der Waals surface area (Å²) in [5.41, 5.74) is 2.32. The van der Waals surface area contributed by atoms with E-state index < -0.39 is 0 Å². The van der Waals surface area contributed by atoms with Gasteiger partial charge < -0.3 is 14.8 Å². The van der Waals surface area contributed by atoms with Gasteiger partial charge in [0, 0.05) is 23.5 Å². The molecule has 1 N–H and O–H groups in total. The molecule has 1 aromatic heterocycles. The van der Waals surface area contributed by atoms with Gasteiger partial charge in [-0.2, -0.15) is 5.10 Å². The first kappa shape index (κ1) is 15.7. The molecule has 0 aliphatic carbocycles. The monoisotopic (exact) mass is 399 g/mol. The van der Waals surface area contributed by atoms with E-state index in [9.17, 15) is 4.79 Å². The van der Waals surface area contributed by atoms with Crippen molar-refractivity contribution in [3.05, 3.63) is 70.5 Å². The average molecular weight is 400 g/mol. The van der Waals surface area contributed by atoms with E-state index >= 15 is 0 Å². The van der Waals surface area contributed by atoms with Crippen molar-refractivity contribution in [1.82, 2.24) is 9.78 Å². The number of fused-ring (bicyclic) bond motifs is 1. The second-order valence-electron chi connectivity index (χ2n) is 5.58. The summed E-state index contributed by atoms with van der Waals surface area (Å²) < 4.78 is 13.3. The number of carbonyl (C=O) groups is 1. The van der Waals surface area contributed by atoms with Gasteiger partial charge in [0.05, 0.1) is 17.2 Å². The van der Waals surface area contributed by atoms with Crippen LogP contribution in [0.25, 0.3) is 0 Å². The van der Waals surface area contributed by atoms with Gasteiger partial charge in [-0.15, -0.1) is 0 Å². The molecule has 3 aromatic rings. The van der Waals surface area contributed by atoms with Crippen molar-refractivity contribution < 1.29 is 14.3 Å². The van der Waals surface area contributed by atoms with E-state index in [-0.39, 0.29) is 12.7 Å². The molecule has 1 aliphatic heterocycles. The quantitative estimate of drug-likeness (QED) is 0.726. The third-order valence-electron chi connectivity index (χ3n) is 3.79. The predicted octanol–water partition coefficient (Wildman–Crippen LogP) is 3.67. The van der Waals surface area contributed by atoms with Gasteiger partial charge in [0.15, 0.2) is 11.5 Å². The number of nitrogens with one attached hydrogen (secondary N) is 1. The lowest BCUT2D eigenvalue weighted by molar-refractivity contribution is 0.102. The molecule has 2 heterocycles. The van der Waals surface area contributed by atoms with Crippen LogP contribution in [0.5, 0.6) is 11.5 Å². The fourth-order valence-corrected chi connectivity index (χ4v) is 2.88. The van der Waals surface area contributed by atoms with Gasteiger partial charge in [0.1, 0.15) is 0 Å². The Morgan fingerprint density at radius 1 is 1.16 bits per heavy atom. The first-order valence-corrected chi connectivity index (χ1v) is 8.44. The maximum atomic E-state index is 12.4. The second-order valence-corrected chi connectivity index (χ2v) is 6.49. The number of rotatable bonds is 4. The Bertz CT molecular complexity index is 922. The van der Waals surface area contributed by atoms with Crippen molar-refractivity contribution in [2.24, 2.45) is 0 Å². The van der Waals surface area contributed by atoms with Crippen molar-refractivity contribution in [1.29, 1.82) is 0 Å². The maximum absolute atomic E-state index is 12.4. The van der Waals surface area contributed by atoms with E-state index in [0.29, 0.717) is 29.3 Å². The molecule has 6 nitrogen and oxygen atoms in total. The second kappa shape index (κ2) is 6.60. The minimum absolute atomic E-state index is 0.174. The van der Waals surface area contributed by atoms with E-state index in [1.54, 1.807) is 36.5 Å². The van der Waals surface area contributed by atoms with Crippen molar-refractivity contribution in [2.75, 3.05) is 12.1 Å². The first-order chi connectivity index (χ1) is 12.2. The van der Waals surface area contributed by atoms with E-state index in [0.717, 1.165) is 10.0 Å². The van der Waals surface area contributed by atoms with Crippen LogP contribution in [0.2, 0.25) is 0 Å². The molecule has 0 fully saturated rings. The summed E-state index contributed by atoms with van der Waals surface area (Å²) in [6.07, 6.45) is 3.65. The van der Waals surface area contributed by atoms with E-state index in [1.807, 2.05) is 23.0 Å². The number of nitrogens with zero attached hydrogens (tertiary/aromatic N) is 2. The normalized spacial score (nSPS) is 12.2. The molecule has 0 atom stereocenters. The van der Waals surface area contributed by atoms with Gasteiger partial charge in [0.2, 0.25) is 6.79 Å². The smallest absolute Gasteiger partial charge is 0.255 e. The number of aromatic nitrogens is 2. The van der Waals surface area contributed by atoms with Crippen LogP contribution in [-0.2, 0) is 6.54 Å². The topological polar surface area (TPSA) is 65.4 Å². The van der Waals surface area contributed by atoms with Crippen LogP contribution in [0.3, 0.4) is 0 Å². The molecular weight excluding hydrogens is 386 g/mol. The summed E-state index contributed by atoms with van der Waals surface area (Å²) in [6.45, 7) is 0.858. The molecule has 2 aromatic carbocycles. The van der Waals surface area contributed by atoms with Gasteiger partial charge in [-0.05, 0) is 45.8 Å². The Hall–Kier alpha value is -2.80. The minimum atomic E-state index is -0.174. The van der Waals surface area contributed by atoms with Gasteiger partial charge in [-0.1, -0.05) is 12.1 Å². The summed E-state index contributed by atoms with van der Waals surface area (Å²) in [5.74, 6) is 1.15. The van der Waals surface area contributed by atoms with E-state index in [4.69, 9.17) is 9.47 Å². The van der Waals surface area contributed by atoms with Crippen molar-refractivity contribution >= 4 is 27.5 Å². The molecule has 25 heavy (non-hydrogen) atoms. The number of amides is 1. The van der Waals surface area contributed by atoms with Crippen LogP contribution in [0, 0.1) is 0 Å². The number of hydrogen-bond donors (Lipinski definition) is 1. The maximum Gasteiger partial charge on any atom is 0.255 e. The SMILES string of the molecule is O=C(Nc1ccc2c(c1)OCO2)c1ccc(Cn2cc(Br)cn2)cc1. The highest BCUT2D eigenvalue weighted by atomic mass is 79.9. The standard InChI is InChI=1S/C18H14BrN3O3/c19-14-8-20-22(10-14)9-12-1-3-13(4-2-12)18(23)21-15-5-6-16-17(7-15)25-11-24-16/h1-8,10H,9,11H2,(H,21,23). The molecule has 0 unspecified atom stereocenters. The van der Waals surface area contributed by atoms with Crippen LogP contribution in [-0.4, -0.2) is 22.5 Å². The molecule has 1 aliphatic rings. The zero-order chi connectivity index (χ0) is 17.2. The highest BCUT2D eigenvalue weighted by molar-refractivity contribution is 9.10. The molecule has 0 radical (unpaired) electrons. The van der Waals surface area contributed by atoms with Gasteiger partial charge in [-0.25, -0.2) is 0 Å². The predicted molar refractivity (Wildman–Crippen MR) is 96.0 cm³/mol. The largest absolute Gasteiger partial charge is 0.454 e. The third-order valence-corrected chi connectivity index (χ3v) is 4.20. The van der Waals surface area contributed by atoms with Gasteiger partial charge in [0.25, 0.3) is 5.91 Å². The van der Waals surface area contributed by atoms with Crippen LogP contribution >= 0.6 is 15.9 Å². The number of benzene rings is 2. The van der Waals surface area contributed by atoms with Crippen LogP contribution in [0.15, 0.2) is 59.3 Å². The Balaban J connectivity index is 1.43. The Kier molecular flexibility index (Phi) is 4.15. The molecule has 126 valence electrons. The average Bonchev–Trinajstić information content (AvgIpc) is 3.24. The molecular formula is C18H14BrN3O3. The summed E-state index contributed by atoms with van der Waals surface area (Å²) >= 11 is 3.37. The first-order valence-electron chi connectivity index (χ1n) is 7.65. The number of hydrogen-bond acceptors (Lipinski definition) is 4. The Morgan fingerprint density at radius 3 is 2.72 bits per heavy atom. The van der Waals surface area contributed by atoms with E-state index in [2.05, 4.69) is 26.3 Å². The lowest BCUT2D eigenvalue weighted by atomic mass is 10.1. The number of anilines is 1. The number of carbonyl (C=O) groups excluding carboxylic acids is 1.